The Bertz CT molecular complexity index is 479. The monoisotopic (exact) mass is 473 g/mol. The Labute approximate surface area is 133 Å². The number of carbonyl (C=O) groups is 1. The molecule has 18 heavy (non-hydrogen) atoms. The molecule has 0 bridgehead atoms. The van der Waals surface area contributed by atoms with Crippen LogP contribution in [0.15, 0.2) is 12.1 Å². The van der Waals surface area contributed by atoms with Gasteiger partial charge in [0.25, 0.3) is 0 Å². The van der Waals surface area contributed by atoms with Crippen molar-refractivity contribution in [3.05, 3.63) is 24.8 Å². The third kappa shape index (κ3) is 2.68. The first-order valence-corrected chi connectivity index (χ1v) is 7.58. The Kier molecular flexibility index (Phi) is 3.96. The first kappa shape index (κ1) is 14.2. The van der Waals surface area contributed by atoms with Crippen molar-refractivity contribution in [2.75, 3.05) is 6.61 Å². The lowest BCUT2D eigenvalue weighted by Crippen LogP contribution is -2.46. The standard InChI is InChI=1S/C12H13I2NO3/c1-12(2)5-18-11(17)15-10(12)6-3-7(13)9(16)8(14)4-6/h3-4,10,16H,5H2,1-2H3,(H,15,17)/t10-/m0/s1. The molecule has 0 radical (unpaired) electrons. The third-order valence-corrected chi connectivity index (χ3v) is 4.64. The van der Waals surface area contributed by atoms with Crippen LogP contribution < -0.4 is 5.32 Å². The van der Waals surface area contributed by atoms with Crippen molar-refractivity contribution in [1.82, 2.24) is 5.32 Å². The maximum atomic E-state index is 11.4. The summed E-state index contributed by atoms with van der Waals surface area (Å²) in [7, 11) is 0. The van der Waals surface area contributed by atoms with Crippen LogP contribution in [0.2, 0.25) is 0 Å². The van der Waals surface area contributed by atoms with Crippen LogP contribution in [0.1, 0.15) is 25.5 Å². The minimum Gasteiger partial charge on any atom is -0.506 e. The number of hydrogen-bond donors (Lipinski definition) is 2. The molecule has 0 aromatic heterocycles. The van der Waals surface area contributed by atoms with Crippen LogP contribution in [0, 0.1) is 12.6 Å². The predicted molar refractivity (Wildman–Crippen MR) is 84.5 cm³/mol. The van der Waals surface area contributed by atoms with Gasteiger partial charge in [0.05, 0.1) is 13.2 Å². The smallest absolute Gasteiger partial charge is 0.407 e. The minimum atomic E-state index is -0.391. The molecular formula is C12H13I2NO3. The predicted octanol–water partition coefficient (Wildman–Crippen LogP) is 3.41. The Morgan fingerprint density at radius 3 is 2.50 bits per heavy atom. The third-order valence-electron chi connectivity index (χ3n) is 2.99. The van der Waals surface area contributed by atoms with Gasteiger partial charge in [-0.25, -0.2) is 4.79 Å². The van der Waals surface area contributed by atoms with Crippen molar-refractivity contribution in [2.24, 2.45) is 5.41 Å². The number of alkyl carbamates (subject to hydrolysis) is 1. The molecule has 2 N–H and O–H groups in total. The van der Waals surface area contributed by atoms with E-state index in [-0.39, 0.29) is 17.2 Å². The highest BCUT2D eigenvalue weighted by Gasteiger charge is 2.38. The second-order valence-corrected chi connectivity index (χ2v) is 7.30. The number of cyclic esters (lactones) is 1. The van der Waals surface area contributed by atoms with Crippen molar-refractivity contribution < 1.29 is 14.6 Å². The highest BCUT2D eigenvalue weighted by Crippen LogP contribution is 2.39. The topological polar surface area (TPSA) is 58.6 Å². The summed E-state index contributed by atoms with van der Waals surface area (Å²) in [6, 6.07) is 3.69. The Hall–Kier alpha value is -0.250. The molecule has 1 amide bonds. The first-order chi connectivity index (χ1) is 8.31. The second-order valence-electron chi connectivity index (χ2n) is 4.98. The molecule has 1 fully saturated rings. The summed E-state index contributed by atoms with van der Waals surface area (Å²) >= 11 is 4.18. The normalized spacial score (nSPS) is 22.2. The summed E-state index contributed by atoms with van der Waals surface area (Å²) < 4.78 is 6.59. The first-order valence-electron chi connectivity index (χ1n) is 5.42. The molecule has 1 heterocycles. The number of aromatic hydroxyl groups is 1. The Morgan fingerprint density at radius 1 is 1.39 bits per heavy atom. The zero-order valence-corrected chi connectivity index (χ0v) is 14.3. The zero-order valence-electron chi connectivity index (χ0n) is 9.96. The molecular weight excluding hydrogens is 460 g/mol. The van der Waals surface area contributed by atoms with Crippen LogP contribution in [-0.2, 0) is 4.74 Å². The van der Waals surface area contributed by atoms with Gasteiger partial charge in [-0.15, -0.1) is 0 Å². The van der Waals surface area contributed by atoms with E-state index in [1.165, 1.54) is 0 Å². The van der Waals surface area contributed by atoms with Crippen molar-refractivity contribution in [2.45, 2.75) is 19.9 Å². The molecule has 1 aliphatic heterocycles. The molecule has 0 aliphatic carbocycles. The van der Waals surface area contributed by atoms with Gasteiger partial charge < -0.3 is 15.2 Å². The summed E-state index contributed by atoms with van der Waals surface area (Å²) in [6.45, 7) is 4.48. The van der Waals surface area contributed by atoms with E-state index < -0.39 is 6.09 Å². The zero-order chi connectivity index (χ0) is 13.5. The summed E-state index contributed by atoms with van der Waals surface area (Å²) in [5.74, 6) is 0.288. The number of halogens is 2. The van der Waals surface area contributed by atoms with Crippen LogP contribution in [-0.4, -0.2) is 17.8 Å². The van der Waals surface area contributed by atoms with Crippen molar-refractivity contribution in [1.29, 1.82) is 0 Å². The summed E-state index contributed by atoms with van der Waals surface area (Å²) in [4.78, 5) is 11.4. The number of benzene rings is 1. The minimum absolute atomic E-state index is 0.110. The largest absolute Gasteiger partial charge is 0.506 e. The average Bonchev–Trinajstić information content (AvgIpc) is 2.28. The summed E-state index contributed by atoms with van der Waals surface area (Å²) in [5, 5.41) is 12.6. The Balaban J connectivity index is 2.43. The van der Waals surface area contributed by atoms with E-state index >= 15 is 0 Å². The summed E-state index contributed by atoms with van der Waals surface area (Å²) in [6.07, 6.45) is -0.391. The van der Waals surface area contributed by atoms with Gasteiger partial charge in [-0.2, -0.15) is 0 Å². The molecule has 1 aromatic rings. The molecule has 98 valence electrons. The van der Waals surface area contributed by atoms with Gasteiger partial charge in [-0.3, -0.25) is 0 Å². The summed E-state index contributed by atoms with van der Waals surface area (Å²) in [5.41, 5.74) is 0.806. The van der Waals surface area contributed by atoms with Gasteiger partial charge in [0.15, 0.2) is 0 Å². The van der Waals surface area contributed by atoms with Crippen LogP contribution in [0.25, 0.3) is 0 Å². The Morgan fingerprint density at radius 2 is 1.94 bits per heavy atom. The van der Waals surface area contributed by atoms with E-state index in [2.05, 4.69) is 50.5 Å². The molecule has 1 aliphatic rings. The van der Waals surface area contributed by atoms with Crippen molar-refractivity contribution in [3.63, 3.8) is 0 Å². The fourth-order valence-electron chi connectivity index (χ4n) is 1.98. The molecule has 2 rings (SSSR count). The lowest BCUT2D eigenvalue weighted by Gasteiger charge is -2.38. The highest BCUT2D eigenvalue weighted by molar-refractivity contribution is 14.1. The lowest BCUT2D eigenvalue weighted by atomic mass is 9.80. The van der Waals surface area contributed by atoms with Gasteiger partial charge in [0.1, 0.15) is 12.4 Å². The average molecular weight is 473 g/mol. The molecule has 0 saturated carbocycles. The number of nitrogens with one attached hydrogen (secondary N) is 1. The van der Waals surface area contributed by atoms with E-state index in [1.807, 2.05) is 26.0 Å². The number of phenols is 1. The lowest BCUT2D eigenvalue weighted by molar-refractivity contribution is 0.0387. The van der Waals surface area contributed by atoms with Gasteiger partial charge in [0, 0.05) is 5.41 Å². The highest BCUT2D eigenvalue weighted by atomic mass is 127. The van der Waals surface area contributed by atoms with Crippen LogP contribution >= 0.6 is 45.2 Å². The fraction of sp³-hybridized carbons (Fsp3) is 0.417. The van der Waals surface area contributed by atoms with Crippen LogP contribution in [0.5, 0.6) is 5.75 Å². The van der Waals surface area contributed by atoms with Gasteiger partial charge in [-0.1, -0.05) is 13.8 Å². The molecule has 6 heteroatoms. The molecule has 0 unspecified atom stereocenters. The van der Waals surface area contributed by atoms with E-state index in [9.17, 15) is 9.90 Å². The van der Waals surface area contributed by atoms with Crippen molar-refractivity contribution >= 4 is 51.3 Å². The number of ether oxygens (including phenoxy) is 1. The van der Waals surface area contributed by atoms with Gasteiger partial charge in [-0.05, 0) is 62.9 Å². The number of carbonyl (C=O) groups excluding carboxylic acids is 1. The second kappa shape index (κ2) is 5.03. The molecule has 1 aromatic carbocycles. The quantitative estimate of drug-likeness (QED) is 0.616. The van der Waals surface area contributed by atoms with E-state index in [1.54, 1.807) is 0 Å². The van der Waals surface area contributed by atoms with E-state index in [0.29, 0.717) is 6.61 Å². The van der Waals surface area contributed by atoms with E-state index in [0.717, 1.165) is 12.7 Å². The molecule has 1 saturated heterocycles. The number of hydrogen-bond acceptors (Lipinski definition) is 3. The van der Waals surface area contributed by atoms with Gasteiger partial charge >= 0.3 is 6.09 Å². The molecule has 0 spiro atoms. The number of amides is 1. The maximum Gasteiger partial charge on any atom is 0.407 e. The maximum absolute atomic E-state index is 11.4. The number of rotatable bonds is 1. The number of phenolic OH excluding ortho intramolecular Hbond substituents is 1. The molecule has 4 nitrogen and oxygen atoms in total. The van der Waals surface area contributed by atoms with Crippen LogP contribution in [0.3, 0.4) is 0 Å². The van der Waals surface area contributed by atoms with Gasteiger partial charge in [0.2, 0.25) is 0 Å². The SMILES string of the molecule is CC1(C)COC(=O)N[C@H]1c1cc(I)c(O)c(I)c1. The van der Waals surface area contributed by atoms with Crippen LogP contribution in [0.4, 0.5) is 4.79 Å². The fourth-order valence-corrected chi connectivity index (χ4v) is 3.79. The molecule has 1 atom stereocenters. The van der Waals surface area contributed by atoms with E-state index in [4.69, 9.17) is 4.74 Å². The van der Waals surface area contributed by atoms with Crippen molar-refractivity contribution in [3.8, 4) is 5.75 Å².